The summed E-state index contributed by atoms with van der Waals surface area (Å²) in [4.78, 5) is 21.9. The van der Waals surface area contributed by atoms with Crippen LogP contribution in [0, 0.1) is 17.7 Å². The van der Waals surface area contributed by atoms with E-state index < -0.39 is 5.82 Å². The van der Waals surface area contributed by atoms with Gasteiger partial charge in [0.05, 0.1) is 6.20 Å². The van der Waals surface area contributed by atoms with Crippen molar-refractivity contribution in [2.45, 2.75) is 19.3 Å². The monoisotopic (exact) mass is 336 g/mol. The number of nitrogens with one attached hydrogen (secondary N) is 2. The third kappa shape index (κ3) is 3.65. The van der Waals surface area contributed by atoms with Crippen LogP contribution in [0.4, 0.5) is 20.1 Å². The lowest BCUT2D eigenvalue weighted by atomic mass is 10.1. The van der Waals surface area contributed by atoms with E-state index in [9.17, 15) is 9.18 Å². The molecule has 3 heterocycles. The first-order valence-electron chi connectivity index (χ1n) is 7.13. The normalized spacial score (nSPS) is 14.0. The number of hydrogen-bond donors (Lipinski definition) is 2. The molecule has 0 bridgehead atoms. The maximum absolute atomic E-state index is 13.9. The molecule has 0 atom stereocenters. The van der Waals surface area contributed by atoms with E-state index in [4.69, 9.17) is 5.26 Å². The standard InChI is InChI=1S/C13H16FN5OS.CHN/c1-15-12(20)18-11-10-9(8(14)7-16-11)17-13(21-10)19-5-3-2-4-6-19;1-2/h7H,2-6H2,1H3,(H2,15,16,18,20);1H. The number of anilines is 2. The summed E-state index contributed by atoms with van der Waals surface area (Å²) >= 11 is 1.37. The van der Waals surface area contributed by atoms with Gasteiger partial charge in [-0.3, -0.25) is 5.32 Å². The average molecular weight is 336 g/mol. The number of piperidine rings is 1. The fourth-order valence-electron chi connectivity index (χ4n) is 2.35. The highest BCUT2D eigenvalue weighted by Crippen LogP contribution is 2.35. The number of urea groups is 1. The number of thiazole rings is 1. The van der Waals surface area contributed by atoms with Crippen molar-refractivity contribution in [3.05, 3.63) is 12.0 Å². The number of amides is 2. The Balaban J connectivity index is 0.000000924. The van der Waals surface area contributed by atoms with E-state index in [0.29, 0.717) is 10.5 Å². The summed E-state index contributed by atoms with van der Waals surface area (Å²) in [6, 6.07) is -0.386. The van der Waals surface area contributed by atoms with Crippen molar-refractivity contribution in [1.29, 1.82) is 5.26 Å². The first-order chi connectivity index (χ1) is 11.2. The van der Waals surface area contributed by atoms with E-state index in [1.165, 1.54) is 24.8 Å². The maximum atomic E-state index is 13.9. The van der Waals surface area contributed by atoms with Crippen LogP contribution < -0.4 is 15.5 Å². The van der Waals surface area contributed by atoms with Crippen LogP contribution in [-0.4, -0.2) is 36.1 Å². The number of halogens is 1. The van der Waals surface area contributed by atoms with Crippen molar-refractivity contribution in [1.82, 2.24) is 15.3 Å². The molecule has 7 nitrogen and oxygen atoms in total. The third-order valence-corrected chi connectivity index (χ3v) is 4.57. The lowest BCUT2D eigenvalue weighted by Gasteiger charge is -2.25. The lowest BCUT2D eigenvalue weighted by Crippen LogP contribution is -2.29. The Morgan fingerprint density at radius 1 is 1.39 bits per heavy atom. The zero-order chi connectivity index (χ0) is 16.8. The minimum Gasteiger partial charge on any atom is -0.348 e. The molecule has 2 N–H and O–H groups in total. The van der Waals surface area contributed by atoms with Crippen LogP contribution in [0.3, 0.4) is 0 Å². The zero-order valence-electron chi connectivity index (χ0n) is 12.7. The Morgan fingerprint density at radius 2 is 2.09 bits per heavy atom. The number of carbonyl (C=O) groups is 1. The van der Waals surface area contributed by atoms with E-state index in [2.05, 4.69) is 32.1 Å². The van der Waals surface area contributed by atoms with E-state index in [-0.39, 0.29) is 11.5 Å². The molecule has 23 heavy (non-hydrogen) atoms. The van der Waals surface area contributed by atoms with Crippen LogP contribution in [-0.2, 0) is 0 Å². The van der Waals surface area contributed by atoms with Crippen LogP contribution >= 0.6 is 11.3 Å². The highest BCUT2D eigenvalue weighted by molar-refractivity contribution is 7.22. The molecule has 0 spiro atoms. The number of nitriles is 1. The van der Waals surface area contributed by atoms with Gasteiger partial charge in [-0.15, -0.1) is 0 Å². The highest BCUT2D eigenvalue weighted by atomic mass is 32.1. The minimum atomic E-state index is -0.466. The van der Waals surface area contributed by atoms with E-state index in [1.807, 2.05) is 0 Å². The number of pyridine rings is 1. The molecule has 3 rings (SSSR count). The third-order valence-electron chi connectivity index (χ3n) is 3.45. The Kier molecular flexibility index (Phi) is 5.65. The summed E-state index contributed by atoms with van der Waals surface area (Å²) in [5, 5.41) is 12.3. The molecule has 1 saturated heterocycles. The number of hydrogen-bond acceptors (Lipinski definition) is 6. The molecule has 0 aliphatic carbocycles. The molecule has 2 aromatic heterocycles. The van der Waals surface area contributed by atoms with Gasteiger partial charge in [0.15, 0.2) is 16.8 Å². The average Bonchev–Trinajstić information content (AvgIpc) is 3.06. The summed E-state index contributed by atoms with van der Waals surface area (Å²) in [5.41, 5.74) is 0.266. The maximum Gasteiger partial charge on any atom is 0.320 e. The molecule has 0 saturated carbocycles. The molecule has 2 aromatic rings. The van der Waals surface area contributed by atoms with Crippen molar-refractivity contribution in [3.63, 3.8) is 0 Å². The van der Waals surface area contributed by atoms with Crippen molar-refractivity contribution in [3.8, 4) is 6.57 Å². The van der Waals surface area contributed by atoms with Gasteiger partial charge in [0.2, 0.25) is 0 Å². The molecule has 0 aromatic carbocycles. The summed E-state index contributed by atoms with van der Waals surface area (Å²) in [6.07, 6.45) is 4.56. The molecule has 0 radical (unpaired) electrons. The van der Waals surface area contributed by atoms with E-state index >= 15 is 0 Å². The molecule has 1 aliphatic rings. The van der Waals surface area contributed by atoms with Crippen LogP contribution in [0.1, 0.15) is 19.3 Å². The molecule has 122 valence electrons. The van der Waals surface area contributed by atoms with Crippen LogP contribution in [0.25, 0.3) is 10.2 Å². The summed E-state index contributed by atoms with van der Waals surface area (Å²) in [7, 11) is 1.52. The fraction of sp³-hybridized carbons (Fsp3) is 0.429. The molecule has 9 heteroatoms. The second-order valence-electron chi connectivity index (χ2n) is 4.88. The van der Waals surface area contributed by atoms with Crippen molar-refractivity contribution in [2.75, 3.05) is 30.4 Å². The first kappa shape index (κ1) is 16.9. The quantitative estimate of drug-likeness (QED) is 0.879. The first-order valence-corrected chi connectivity index (χ1v) is 7.95. The topological polar surface area (TPSA) is 93.9 Å². The van der Waals surface area contributed by atoms with Crippen LogP contribution in [0.15, 0.2) is 6.20 Å². The van der Waals surface area contributed by atoms with Crippen LogP contribution in [0.5, 0.6) is 0 Å². The summed E-state index contributed by atoms with van der Waals surface area (Å²) in [5.74, 6) is -0.126. The number of fused-ring (bicyclic) bond motifs is 1. The molecule has 0 unspecified atom stereocenters. The Hall–Kier alpha value is -2.47. The fourth-order valence-corrected chi connectivity index (χ4v) is 3.42. The van der Waals surface area contributed by atoms with Crippen LogP contribution in [0.2, 0.25) is 0 Å². The molecule has 1 fully saturated rings. The second kappa shape index (κ2) is 7.69. The van der Waals surface area contributed by atoms with Crippen molar-refractivity contribution in [2.24, 2.45) is 0 Å². The van der Waals surface area contributed by atoms with Gasteiger partial charge in [-0.25, -0.2) is 24.4 Å². The molecular formula is C14H17FN6OS. The summed E-state index contributed by atoms with van der Waals surface area (Å²) < 4.78 is 14.5. The van der Waals surface area contributed by atoms with Gasteiger partial charge in [-0.05, 0) is 19.3 Å². The van der Waals surface area contributed by atoms with Crippen molar-refractivity contribution < 1.29 is 9.18 Å². The number of rotatable bonds is 2. The molecule has 1 aliphatic heterocycles. The SMILES string of the molecule is C#N.CNC(=O)Nc1ncc(F)c2nc(N3CCCCC3)sc12. The van der Waals surface area contributed by atoms with Gasteiger partial charge in [-0.1, -0.05) is 11.3 Å². The van der Waals surface area contributed by atoms with Crippen molar-refractivity contribution >= 4 is 38.5 Å². The van der Waals surface area contributed by atoms with Gasteiger partial charge in [0, 0.05) is 26.7 Å². The highest BCUT2D eigenvalue weighted by Gasteiger charge is 2.19. The smallest absolute Gasteiger partial charge is 0.320 e. The van der Waals surface area contributed by atoms with Gasteiger partial charge < -0.3 is 10.2 Å². The van der Waals surface area contributed by atoms with Gasteiger partial charge in [0.1, 0.15) is 10.2 Å². The largest absolute Gasteiger partial charge is 0.348 e. The predicted molar refractivity (Wildman–Crippen MR) is 88.2 cm³/mol. The molecular weight excluding hydrogens is 319 g/mol. The Labute approximate surface area is 137 Å². The zero-order valence-corrected chi connectivity index (χ0v) is 13.5. The Bertz CT molecular complexity index is 710. The Morgan fingerprint density at radius 3 is 2.74 bits per heavy atom. The number of aromatic nitrogens is 2. The number of carbonyl (C=O) groups excluding carboxylic acids is 1. The van der Waals surface area contributed by atoms with E-state index in [1.54, 1.807) is 0 Å². The number of nitrogens with zero attached hydrogens (tertiary/aromatic N) is 4. The second-order valence-corrected chi connectivity index (χ2v) is 5.86. The molecule has 2 amide bonds. The minimum absolute atomic E-state index is 0.266. The van der Waals surface area contributed by atoms with E-state index in [0.717, 1.165) is 37.3 Å². The van der Waals surface area contributed by atoms with Gasteiger partial charge in [-0.2, -0.15) is 0 Å². The summed E-state index contributed by atoms with van der Waals surface area (Å²) in [6.45, 7) is 5.38. The van der Waals surface area contributed by atoms with Gasteiger partial charge in [0.25, 0.3) is 0 Å². The lowest BCUT2D eigenvalue weighted by molar-refractivity contribution is 0.254. The predicted octanol–water partition coefficient (Wildman–Crippen LogP) is 2.71. The van der Waals surface area contributed by atoms with Gasteiger partial charge >= 0.3 is 6.03 Å².